The standard InChI is InChI=1S/C20H24N2O2/c1-4-5-6-9-15-12-14(2)22-20(24-3)18(15)13-16-10-7-8-11-17(16)19(21)23/h4,7-8,10-12H,1,5-6,9,13H2,2-3H3,(H2,21,23). The van der Waals surface area contributed by atoms with Crippen molar-refractivity contribution in [2.75, 3.05) is 7.11 Å². The molecule has 1 aromatic carbocycles. The molecule has 0 fully saturated rings. The number of hydrogen-bond acceptors (Lipinski definition) is 3. The van der Waals surface area contributed by atoms with E-state index < -0.39 is 5.91 Å². The number of nitrogens with two attached hydrogens (primary N) is 1. The Labute approximate surface area is 143 Å². The van der Waals surface area contributed by atoms with Crippen LogP contribution in [0.4, 0.5) is 0 Å². The molecule has 2 rings (SSSR count). The van der Waals surface area contributed by atoms with Gasteiger partial charge in [-0.2, -0.15) is 0 Å². The lowest BCUT2D eigenvalue weighted by Crippen LogP contribution is -2.14. The van der Waals surface area contributed by atoms with Gasteiger partial charge in [0.1, 0.15) is 0 Å². The number of carbonyl (C=O) groups excluding carboxylic acids is 1. The van der Waals surface area contributed by atoms with E-state index in [-0.39, 0.29) is 0 Å². The molecule has 0 saturated heterocycles. The molecule has 0 aliphatic carbocycles. The first kappa shape index (κ1) is 17.7. The third-order valence-electron chi connectivity index (χ3n) is 4.00. The highest BCUT2D eigenvalue weighted by molar-refractivity contribution is 5.94. The number of methoxy groups -OCH3 is 1. The molecule has 0 spiro atoms. The van der Waals surface area contributed by atoms with E-state index in [4.69, 9.17) is 10.5 Å². The number of aryl methyl sites for hydroxylation is 2. The van der Waals surface area contributed by atoms with E-state index in [1.54, 1.807) is 13.2 Å². The zero-order chi connectivity index (χ0) is 17.5. The summed E-state index contributed by atoms with van der Waals surface area (Å²) in [6.45, 7) is 5.73. The number of pyridine rings is 1. The quantitative estimate of drug-likeness (QED) is 0.596. The Hall–Kier alpha value is -2.62. The van der Waals surface area contributed by atoms with Gasteiger partial charge in [-0.1, -0.05) is 24.3 Å². The van der Waals surface area contributed by atoms with E-state index in [1.807, 2.05) is 31.2 Å². The molecule has 0 aliphatic rings. The Bertz CT molecular complexity index is 738. The summed E-state index contributed by atoms with van der Waals surface area (Å²) in [5, 5.41) is 0. The van der Waals surface area contributed by atoms with Crippen LogP contribution in [0.25, 0.3) is 0 Å². The first-order valence-corrected chi connectivity index (χ1v) is 8.08. The normalized spacial score (nSPS) is 10.4. The first-order valence-electron chi connectivity index (χ1n) is 8.08. The number of unbranched alkanes of at least 4 members (excludes halogenated alkanes) is 1. The van der Waals surface area contributed by atoms with Crippen molar-refractivity contribution >= 4 is 5.91 Å². The van der Waals surface area contributed by atoms with Crippen molar-refractivity contribution in [2.24, 2.45) is 5.73 Å². The van der Waals surface area contributed by atoms with E-state index in [2.05, 4.69) is 17.6 Å². The number of rotatable bonds is 8. The number of nitrogens with zero attached hydrogens (tertiary/aromatic N) is 1. The molecule has 126 valence electrons. The fraction of sp³-hybridized carbons (Fsp3) is 0.300. The number of aromatic nitrogens is 1. The average molecular weight is 324 g/mol. The van der Waals surface area contributed by atoms with Crippen molar-refractivity contribution in [2.45, 2.75) is 32.6 Å². The van der Waals surface area contributed by atoms with Crippen molar-refractivity contribution in [3.63, 3.8) is 0 Å². The Morgan fingerprint density at radius 1 is 1.33 bits per heavy atom. The third kappa shape index (κ3) is 4.22. The first-order chi connectivity index (χ1) is 11.6. The van der Waals surface area contributed by atoms with E-state index in [0.717, 1.165) is 36.1 Å². The lowest BCUT2D eigenvalue weighted by atomic mass is 9.94. The number of carbonyl (C=O) groups is 1. The van der Waals surface area contributed by atoms with Gasteiger partial charge in [-0.25, -0.2) is 4.98 Å². The zero-order valence-electron chi connectivity index (χ0n) is 14.3. The number of amides is 1. The molecule has 2 aromatic rings. The lowest BCUT2D eigenvalue weighted by Gasteiger charge is -2.15. The van der Waals surface area contributed by atoms with Crippen LogP contribution in [0.2, 0.25) is 0 Å². The second-order valence-electron chi connectivity index (χ2n) is 5.79. The maximum Gasteiger partial charge on any atom is 0.248 e. The van der Waals surface area contributed by atoms with Crippen LogP contribution in [0.3, 0.4) is 0 Å². The van der Waals surface area contributed by atoms with Crippen molar-refractivity contribution in [3.8, 4) is 5.88 Å². The van der Waals surface area contributed by atoms with Gasteiger partial charge in [0.15, 0.2) is 0 Å². The van der Waals surface area contributed by atoms with Crippen LogP contribution in [-0.2, 0) is 12.8 Å². The van der Waals surface area contributed by atoms with E-state index >= 15 is 0 Å². The Balaban J connectivity index is 2.44. The van der Waals surface area contributed by atoms with Gasteiger partial charge in [0.25, 0.3) is 0 Å². The highest BCUT2D eigenvalue weighted by atomic mass is 16.5. The smallest absolute Gasteiger partial charge is 0.248 e. The van der Waals surface area contributed by atoms with Gasteiger partial charge in [0.05, 0.1) is 7.11 Å². The summed E-state index contributed by atoms with van der Waals surface area (Å²) in [6.07, 6.45) is 5.38. The molecule has 0 radical (unpaired) electrons. The highest BCUT2D eigenvalue weighted by Gasteiger charge is 2.16. The van der Waals surface area contributed by atoms with Gasteiger partial charge in [-0.3, -0.25) is 4.79 Å². The third-order valence-corrected chi connectivity index (χ3v) is 4.00. The fourth-order valence-electron chi connectivity index (χ4n) is 2.86. The van der Waals surface area contributed by atoms with Crippen LogP contribution in [0.5, 0.6) is 5.88 Å². The molecular weight excluding hydrogens is 300 g/mol. The predicted octanol–water partition coefficient (Wildman–Crippen LogP) is 3.60. The molecule has 2 N–H and O–H groups in total. The minimum Gasteiger partial charge on any atom is -0.481 e. The van der Waals surface area contributed by atoms with Gasteiger partial charge in [0, 0.05) is 23.2 Å². The lowest BCUT2D eigenvalue weighted by molar-refractivity contribution is 0.0999. The Kier molecular flexibility index (Phi) is 6.13. The Morgan fingerprint density at radius 2 is 2.08 bits per heavy atom. The van der Waals surface area contributed by atoms with Gasteiger partial charge < -0.3 is 10.5 Å². The number of ether oxygens (including phenoxy) is 1. The van der Waals surface area contributed by atoms with Crippen LogP contribution in [0.15, 0.2) is 43.0 Å². The van der Waals surface area contributed by atoms with Crippen LogP contribution in [0.1, 0.15) is 45.6 Å². The summed E-state index contributed by atoms with van der Waals surface area (Å²) < 4.78 is 5.50. The molecule has 0 saturated carbocycles. The number of allylic oxidation sites excluding steroid dienone is 1. The molecule has 0 atom stereocenters. The summed E-state index contributed by atoms with van der Waals surface area (Å²) in [6, 6.07) is 9.50. The minimum atomic E-state index is -0.419. The molecule has 0 aliphatic heterocycles. The van der Waals surface area contributed by atoms with Gasteiger partial charge >= 0.3 is 0 Å². The van der Waals surface area contributed by atoms with E-state index in [1.165, 1.54) is 5.56 Å². The maximum atomic E-state index is 11.7. The van der Waals surface area contributed by atoms with Crippen molar-refractivity contribution < 1.29 is 9.53 Å². The van der Waals surface area contributed by atoms with Gasteiger partial charge in [0.2, 0.25) is 11.8 Å². The molecular formula is C20H24N2O2. The topological polar surface area (TPSA) is 65.2 Å². The Morgan fingerprint density at radius 3 is 2.75 bits per heavy atom. The second kappa shape index (κ2) is 8.29. The largest absolute Gasteiger partial charge is 0.481 e. The van der Waals surface area contributed by atoms with Crippen molar-refractivity contribution in [3.05, 3.63) is 70.9 Å². The van der Waals surface area contributed by atoms with Crippen LogP contribution in [0, 0.1) is 6.92 Å². The SMILES string of the molecule is C=CCCCc1cc(C)nc(OC)c1Cc1ccccc1C(N)=O. The van der Waals surface area contributed by atoms with Crippen LogP contribution < -0.4 is 10.5 Å². The second-order valence-corrected chi connectivity index (χ2v) is 5.79. The number of benzene rings is 1. The molecule has 1 aromatic heterocycles. The molecule has 4 nitrogen and oxygen atoms in total. The van der Waals surface area contributed by atoms with Crippen molar-refractivity contribution in [1.29, 1.82) is 0 Å². The van der Waals surface area contributed by atoms with Crippen LogP contribution >= 0.6 is 0 Å². The van der Waals surface area contributed by atoms with Crippen LogP contribution in [-0.4, -0.2) is 18.0 Å². The molecule has 1 heterocycles. The molecule has 0 bridgehead atoms. The molecule has 0 unspecified atom stereocenters. The zero-order valence-corrected chi connectivity index (χ0v) is 14.3. The molecule has 1 amide bonds. The number of primary amides is 1. The predicted molar refractivity (Wildman–Crippen MR) is 96.4 cm³/mol. The summed E-state index contributed by atoms with van der Waals surface area (Å²) in [4.78, 5) is 16.2. The maximum absolute atomic E-state index is 11.7. The van der Waals surface area contributed by atoms with Gasteiger partial charge in [-0.05, 0) is 49.4 Å². The monoisotopic (exact) mass is 324 g/mol. The summed E-state index contributed by atoms with van der Waals surface area (Å²) in [7, 11) is 1.62. The van der Waals surface area contributed by atoms with Crippen molar-refractivity contribution in [1.82, 2.24) is 4.98 Å². The highest BCUT2D eigenvalue weighted by Crippen LogP contribution is 2.27. The average Bonchev–Trinajstić information content (AvgIpc) is 2.57. The summed E-state index contributed by atoms with van der Waals surface area (Å²) in [5.74, 6) is 0.195. The molecule has 4 heteroatoms. The van der Waals surface area contributed by atoms with E-state index in [0.29, 0.717) is 17.9 Å². The van der Waals surface area contributed by atoms with E-state index in [9.17, 15) is 4.79 Å². The van der Waals surface area contributed by atoms with Gasteiger partial charge in [-0.15, -0.1) is 6.58 Å². The molecule has 24 heavy (non-hydrogen) atoms. The fourth-order valence-corrected chi connectivity index (χ4v) is 2.86. The summed E-state index contributed by atoms with van der Waals surface area (Å²) in [5.41, 5.74) is 10.1. The number of hydrogen-bond donors (Lipinski definition) is 1. The summed E-state index contributed by atoms with van der Waals surface area (Å²) >= 11 is 0. The minimum absolute atomic E-state index is 0.419.